The molecule has 2 N–H and O–H groups in total. The zero-order chi connectivity index (χ0) is 10.5. The zero-order valence-electron chi connectivity index (χ0n) is 9.62. The van der Waals surface area contributed by atoms with Gasteiger partial charge < -0.3 is 15.3 Å². The van der Waals surface area contributed by atoms with Gasteiger partial charge in [0.1, 0.15) is 0 Å². The van der Waals surface area contributed by atoms with Crippen LogP contribution in [0.15, 0.2) is 0 Å². The van der Waals surface area contributed by atoms with Crippen LogP contribution in [-0.4, -0.2) is 48.8 Å². The summed E-state index contributed by atoms with van der Waals surface area (Å²) in [6.45, 7) is 6.01. The summed E-state index contributed by atoms with van der Waals surface area (Å²) in [4.78, 5) is 2.56. The van der Waals surface area contributed by atoms with E-state index in [0.29, 0.717) is 0 Å². The number of aliphatic hydroxyl groups excluding tert-OH is 1. The van der Waals surface area contributed by atoms with Crippen molar-refractivity contribution >= 4 is 0 Å². The summed E-state index contributed by atoms with van der Waals surface area (Å²) in [5.41, 5.74) is 0. The molecule has 2 fully saturated rings. The summed E-state index contributed by atoms with van der Waals surface area (Å²) in [6, 6.07) is 0. The van der Waals surface area contributed by atoms with Crippen LogP contribution in [0.2, 0.25) is 0 Å². The first-order valence-electron chi connectivity index (χ1n) is 6.46. The first-order valence-corrected chi connectivity index (χ1v) is 6.46. The lowest BCUT2D eigenvalue weighted by molar-refractivity contribution is 0.0428. The molecule has 0 bridgehead atoms. The highest BCUT2D eigenvalue weighted by molar-refractivity contribution is 4.80. The summed E-state index contributed by atoms with van der Waals surface area (Å²) in [5.74, 6) is 0.737. The average molecular weight is 212 g/mol. The van der Waals surface area contributed by atoms with Crippen LogP contribution in [0.1, 0.15) is 32.1 Å². The van der Waals surface area contributed by atoms with Crippen LogP contribution >= 0.6 is 0 Å². The minimum atomic E-state index is -0.00102. The Morgan fingerprint density at radius 3 is 2.53 bits per heavy atom. The van der Waals surface area contributed by atoms with Crippen LogP contribution in [-0.2, 0) is 0 Å². The van der Waals surface area contributed by atoms with Gasteiger partial charge in [0, 0.05) is 13.1 Å². The molecular weight excluding hydrogens is 188 g/mol. The number of piperidine rings is 1. The predicted molar refractivity (Wildman–Crippen MR) is 61.9 cm³/mol. The van der Waals surface area contributed by atoms with Crippen LogP contribution in [0, 0.1) is 5.92 Å². The van der Waals surface area contributed by atoms with Crippen molar-refractivity contribution < 1.29 is 5.11 Å². The molecule has 2 aliphatic rings. The Morgan fingerprint density at radius 2 is 1.87 bits per heavy atom. The second-order valence-electron chi connectivity index (χ2n) is 5.10. The number of nitrogens with zero attached hydrogens (tertiary/aromatic N) is 1. The highest BCUT2D eigenvalue weighted by Crippen LogP contribution is 2.25. The molecule has 0 radical (unpaired) electrons. The van der Waals surface area contributed by atoms with Gasteiger partial charge in [-0.3, -0.25) is 0 Å². The lowest BCUT2D eigenvalue weighted by Crippen LogP contribution is -2.40. The lowest BCUT2D eigenvalue weighted by Gasteiger charge is -2.32. The van der Waals surface area contributed by atoms with E-state index in [1.165, 1.54) is 38.9 Å². The zero-order valence-corrected chi connectivity index (χ0v) is 9.62. The smallest absolute Gasteiger partial charge is 0.0546 e. The number of nitrogens with one attached hydrogen (secondary N) is 1. The standard InChI is InChI=1S/C12H24N2O/c15-12-8-11(9-12)10-13-4-7-14-5-2-1-3-6-14/h11-13,15H,1-10H2. The fourth-order valence-electron chi connectivity index (χ4n) is 2.59. The molecule has 0 atom stereocenters. The van der Waals surface area contributed by atoms with Crippen molar-refractivity contribution in [2.45, 2.75) is 38.2 Å². The van der Waals surface area contributed by atoms with Gasteiger partial charge in [0.2, 0.25) is 0 Å². The van der Waals surface area contributed by atoms with Gasteiger partial charge in [0.05, 0.1) is 6.10 Å². The summed E-state index contributed by atoms with van der Waals surface area (Å²) in [5, 5.41) is 12.6. The van der Waals surface area contributed by atoms with Crippen LogP contribution < -0.4 is 5.32 Å². The summed E-state index contributed by atoms with van der Waals surface area (Å²) >= 11 is 0. The molecule has 2 rings (SSSR count). The minimum absolute atomic E-state index is 0.00102. The first-order chi connectivity index (χ1) is 7.34. The molecule has 1 saturated carbocycles. The highest BCUT2D eigenvalue weighted by atomic mass is 16.3. The maximum Gasteiger partial charge on any atom is 0.0546 e. The van der Waals surface area contributed by atoms with Gasteiger partial charge >= 0.3 is 0 Å². The van der Waals surface area contributed by atoms with E-state index in [0.717, 1.165) is 31.8 Å². The Morgan fingerprint density at radius 1 is 1.13 bits per heavy atom. The minimum Gasteiger partial charge on any atom is -0.393 e. The Labute approximate surface area is 92.8 Å². The Kier molecular flexibility index (Phi) is 4.42. The SMILES string of the molecule is OC1CC(CNCCN2CCCCC2)C1. The summed E-state index contributed by atoms with van der Waals surface area (Å²) < 4.78 is 0. The first kappa shape index (κ1) is 11.4. The van der Waals surface area contributed by atoms with Gasteiger partial charge in [0.15, 0.2) is 0 Å². The van der Waals surface area contributed by atoms with Crippen molar-refractivity contribution in [3.8, 4) is 0 Å². The van der Waals surface area contributed by atoms with Crippen molar-refractivity contribution in [3.63, 3.8) is 0 Å². The van der Waals surface area contributed by atoms with E-state index >= 15 is 0 Å². The molecule has 15 heavy (non-hydrogen) atoms. The van der Waals surface area contributed by atoms with E-state index in [2.05, 4.69) is 10.2 Å². The van der Waals surface area contributed by atoms with Crippen molar-refractivity contribution in [3.05, 3.63) is 0 Å². The topological polar surface area (TPSA) is 35.5 Å². The second kappa shape index (κ2) is 5.83. The third-order valence-electron chi connectivity index (χ3n) is 3.70. The van der Waals surface area contributed by atoms with E-state index in [4.69, 9.17) is 5.11 Å². The van der Waals surface area contributed by atoms with Crippen LogP contribution in [0.5, 0.6) is 0 Å². The summed E-state index contributed by atoms with van der Waals surface area (Å²) in [6.07, 6.45) is 6.21. The molecule has 1 saturated heterocycles. The molecule has 3 nitrogen and oxygen atoms in total. The second-order valence-corrected chi connectivity index (χ2v) is 5.10. The van der Waals surface area contributed by atoms with Crippen molar-refractivity contribution in [1.82, 2.24) is 10.2 Å². The number of hydrogen-bond donors (Lipinski definition) is 2. The Balaban J connectivity index is 1.44. The maximum atomic E-state index is 9.14. The van der Waals surface area contributed by atoms with Gasteiger partial charge in [0.25, 0.3) is 0 Å². The molecular formula is C12H24N2O. The van der Waals surface area contributed by atoms with E-state index < -0.39 is 0 Å². The molecule has 0 aromatic heterocycles. The normalized spacial score (nSPS) is 32.6. The molecule has 0 aromatic carbocycles. The van der Waals surface area contributed by atoms with E-state index in [-0.39, 0.29) is 6.10 Å². The molecule has 1 aliphatic heterocycles. The third kappa shape index (κ3) is 3.74. The quantitative estimate of drug-likeness (QED) is 0.663. The monoisotopic (exact) mass is 212 g/mol. The van der Waals surface area contributed by atoms with Crippen molar-refractivity contribution in [2.24, 2.45) is 5.92 Å². The lowest BCUT2D eigenvalue weighted by atomic mass is 9.82. The van der Waals surface area contributed by atoms with Gasteiger partial charge in [-0.05, 0) is 51.2 Å². The van der Waals surface area contributed by atoms with Gasteiger partial charge in [-0.1, -0.05) is 6.42 Å². The molecule has 0 amide bonds. The molecule has 1 heterocycles. The molecule has 3 heteroatoms. The fraction of sp³-hybridized carbons (Fsp3) is 1.00. The average Bonchev–Trinajstić information content (AvgIpc) is 2.23. The summed E-state index contributed by atoms with van der Waals surface area (Å²) in [7, 11) is 0. The molecule has 0 aromatic rings. The molecule has 0 spiro atoms. The van der Waals surface area contributed by atoms with E-state index in [1.807, 2.05) is 0 Å². The number of hydrogen-bond acceptors (Lipinski definition) is 3. The number of rotatable bonds is 5. The van der Waals surface area contributed by atoms with Gasteiger partial charge in [-0.25, -0.2) is 0 Å². The third-order valence-corrected chi connectivity index (χ3v) is 3.70. The van der Waals surface area contributed by atoms with Gasteiger partial charge in [-0.2, -0.15) is 0 Å². The molecule has 1 aliphatic carbocycles. The fourth-order valence-corrected chi connectivity index (χ4v) is 2.59. The largest absolute Gasteiger partial charge is 0.393 e. The van der Waals surface area contributed by atoms with Crippen molar-refractivity contribution in [1.29, 1.82) is 0 Å². The van der Waals surface area contributed by atoms with E-state index in [9.17, 15) is 0 Å². The number of aliphatic hydroxyl groups is 1. The number of likely N-dealkylation sites (tertiary alicyclic amines) is 1. The maximum absolute atomic E-state index is 9.14. The van der Waals surface area contributed by atoms with Gasteiger partial charge in [-0.15, -0.1) is 0 Å². The Bertz CT molecular complexity index is 174. The van der Waals surface area contributed by atoms with Crippen LogP contribution in [0.3, 0.4) is 0 Å². The highest BCUT2D eigenvalue weighted by Gasteiger charge is 2.26. The van der Waals surface area contributed by atoms with Crippen LogP contribution in [0.4, 0.5) is 0 Å². The molecule has 0 unspecified atom stereocenters. The van der Waals surface area contributed by atoms with Crippen molar-refractivity contribution in [2.75, 3.05) is 32.7 Å². The van der Waals surface area contributed by atoms with E-state index in [1.54, 1.807) is 0 Å². The van der Waals surface area contributed by atoms with Crippen LogP contribution in [0.25, 0.3) is 0 Å². The predicted octanol–water partition coefficient (Wildman–Crippen LogP) is 0.833. The Hall–Kier alpha value is -0.120. The molecule has 88 valence electrons.